The van der Waals surface area contributed by atoms with Crippen LogP contribution in [0.15, 0.2) is 0 Å². The first-order valence-electron chi connectivity index (χ1n) is 4.82. The molecular weight excluding hydrogens is 164 g/mol. The fraction of sp³-hybridized carbons (Fsp3) is 0.818. The van der Waals surface area contributed by atoms with Gasteiger partial charge in [0.1, 0.15) is 6.61 Å². The Morgan fingerprint density at radius 1 is 1.46 bits per heavy atom. The maximum absolute atomic E-state index is 11.1. The molecule has 0 N–H and O–H groups in total. The molecule has 1 unspecified atom stereocenters. The van der Waals surface area contributed by atoms with Gasteiger partial charge >= 0.3 is 5.97 Å². The zero-order chi connectivity index (χ0) is 10.5. The molecule has 0 aromatic rings. The van der Waals surface area contributed by atoms with E-state index in [1.54, 1.807) is 6.92 Å². The topological polar surface area (TPSA) is 26.3 Å². The second-order valence-electron chi connectivity index (χ2n) is 4.80. The van der Waals surface area contributed by atoms with E-state index in [-0.39, 0.29) is 11.4 Å². The van der Waals surface area contributed by atoms with Crippen LogP contribution in [0.3, 0.4) is 0 Å². The molecule has 77 valence electrons. The molecule has 1 radical (unpaired) electrons. The van der Waals surface area contributed by atoms with E-state index < -0.39 is 0 Å². The third kappa shape index (κ3) is 7.82. The molecule has 0 saturated heterocycles. The standard InChI is InChI=1S/C11H21O2/c1-6-13-10(12)7-9(2)8-11(3,4)5/h6,9H,7-8H2,1-5H3. The number of esters is 1. The first-order valence-corrected chi connectivity index (χ1v) is 4.82. The minimum atomic E-state index is -0.126. The van der Waals surface area contributed by atoms with E-state index in [1.807, 2.05) is 0 Å². The molecule has 13 heavy (non-hydrogen) atoms. The van der Waals surface area contributed by atoms with Crippen molar-refractivity contribution < 1.29 is 9.53 Å². The van der Waals surface area contributed by atoms with Gasteiger partial charge in [0.2, 0.25) is 0 Å². The first-order chi connectivity index (χ1) is 5.85. The number of carbonyl (C=O) groups is 1. The third-order valence-corrected chi connectivity index (χ3v) is 1.73. The molecular formula is C11H21O2. The second kappa shape index (κ2) is 5.25. The van der Waals surface area contributed by atoms with Crippen molar-refractivity contribution in [3.8, 4) is 0 Å². The predicted octanol–water partition coefficient (Wildman–Crippen LogP) is 3.17. The van der Waals surface area contributed by atoms with Crippen LogP contribution in [-0.2, 0) is 9.53 Å². The molecule has 0 aromatic heterocycles. The Morgan fingerprint density at radius 3 is 2.38 bits per heavy atom. The number of hydrogen-bond acceptors (Lipinski definition) is 2. The molecule has 0 rings (SSSR count). The Hall–Kier alpha value is -0.530. The van der Waals surface area contributed by atoms with E-state index in [2.05, 4.69) is 27.7 Å². The van der Waals surface area contributed by atoms with Gasteiger partial charge in [-0.25, -0.2) is 0 Å². The summed E-state index contributed by atoms with van der Waals surface area (Å²) in [5.74, 6) is 0.270. The molecule has 0 aliphatic heterocycles. The van der Waals surface area contributed by atoms with Gasteiger partial charge in [-0.1, -0.05) is 27.7 Å². The van der Waals surface area contributed by atoms with Crippen molar-refractivity contribution in [1.82, 2.24) is 0 Å². The fourth-order valence-electron chi connectivity index (χ4n) is 1.58. The largest absolute Gasteiger partial charge is 0.459 e. The highest BCUT2D eigenvalue weighted by atomic mass is 16.5. The number of rotatable bonds is 4. The van der Waals surface area contributed by atoms with Gasteiger partial charge in [-0.15, -0.1) is 0 Å². The maximum Gasteiger partial charge on any atom is 0.306 e. The molecule has 0 fully saturated rings. The molecule has 0 aliphatic carbocycles. The van der Waals surface area contributed by atoms with Crippen LogP contribution in [0.25, 0.3) is 0 Å². The van der Waals surface area contributed by atoms with Crippen LogP contribution in [0.1, 0.15) is 47.5 Å². The predicted molar refractivity (Wildman–Crippen MR) is 53.9 cm³/mol. The minimum Gasteiger partial charge on any atom is -0.459 e. The van der Waals surface area contributed by atoms with E-state index in [1.165, 1.54) is 6.61 Å². The Labute approximate surface area is 81.7 Å². The Morgan fingerprint density at radius 2 is 2.00 bits per heavy atom. The molecule has 2 heteroatoms. The summed E-state index contributed by atoms with van der Waals surface area (Å²) in [4.78, 5) is 11.1. The molecule has 0 bridgehead atoms. The lowest BCUT2D eigenvalue weighted by Crippen LogP contribution is -2.15. The van der Waals surface area contributed by atoms with E-state index in [4.69, 9.17) is 4.74 Å². The zero-order valence-electron chi connectivity index (χ0n) is 9.39. The van der Waals surface area contributed by atoms with Crippen molar-refractivity contribution in [2.45, 2.75) is 47.5 Å². The Balaban J connectivity index is 3.74. The van der Waals surface area contributed by atoms with Gasteiger partial charge in [0.15, 0.2) is 0 Å². The van der Waals surface area contributed by atoms with Crippen LogP contribution in [0.4, 0.5) is 0 Å². The Kier molecular flexibility index (Phi) is 5.04. The molecule has 1 atom stereocenters. The lowest BCUT2D eigenvalue weighted by molar-refractivity contribution is -0.141. The van der Waals surface area contributed by atoms with Crippen molar-refractivity contribution in [1.29, 1.82) is 0 Å². The molecule has 0 spiro atoms. The van der Waals surface area contributed by atoms with Crippen LogP contribution in [0.2, 0.25) is 0 Å². The summed E-state index contributed by atoms with van der Waals surface area (Å²) in [5.41, 5.74) is 0.287. The zero-order valence-corrected chi connectivity index (χ0v) is 9.39. The third-order valence-electron chi connectivity index (χ3n) is 1.73. The number of ether oxygens (including phenoxy) is 1. The van der Waals surface area contributed by atoms with Crippen molar-refractivity contribution in [3.05, 3.63) is 6.61 Å². The molecule has 0 amide bonds. The maximum atomic E-state index is 11.1. The molecule has 0 heterocycles. The van der Waals surface area contributed by atoms with Gasteiger partial charge in [0.05, 0.1) is 0 Å². The summed E-state index contributed by atoms with van der Waals surface area (Å²) in [6.07, 6.45) is 1.56. The quantitative estimate of drug-likeness (QED) is 0.629. The van der Waals surface area contributed by atoms with E-state index in [0.717, 1.165) is 6.42 Å². The summed E-state index contributed by atoms with van der Waals surface area (Å²) >= 11 is 0. The van der Waals surface area contributed by atoms with Crippen molar-refractivity contribution in [2.24, 2.45) is 11.3 Å². The van der Waals surface area contributed by atoms with Crippen LogP contribution < -0.4 is 0 Å². The monoisotopic (exact) mass is 185 g/mol. The summed E-state index contributed by atoms with van der Waals surface area (Å²) in [5, 5.41) is 0. The van der Waals surface area contributed by atoms with Gasteiger partial charge in [0, 0.05) is 6.42 Å². The minimum absolute atomic E-state index is 0.126. The Bertz CT molecular complexity index is 156. The van der Waals surface area contributed by atoms with Crippen LogP contribution in [-0.4, -0.2) is 5.97 Å². The van der Waals surface area contributed by atoms with Gasteiger partial charge in [0.25, 0.3) is 0 Å². The van der Waals surface area contributed by atoms with E-state index >= 15 is 0 Å². The van der Waals surface area contributed by atoms with Crippen LogP contribution in [0.5, 0.6) is 0 Å². The highest BCUT2D eigenvalue weighted by Gasteiger charge is 2.17. The van der Waals surface area contributed by atoms with E-state index in [9.17, 15) is 4.79 Å². The molecule has 0 saturated carbocycles. The van der Waals surface area contributed by atoms with Crippen molar-refractivity contribution >= 4 is 5.97 Å². The van der Waals surface area contributed by atoms with Gasteiger partial charge < -0.3 is 4.74 Å². The SMILES string of the molecule is C[CH]OC(=O)CC(C)CC(C)(C)C. The van der Waals surface area contributed by atoms with Crippen molar-refractivity contribution in [3.63, 3.8) is 0 Å². The number of hydrogen-bond donors (Lipinski definition) is 0. The van der Waals surface area contributed by atoms with Gasteiger partial charge in [-0.3, -0.25) is 4.79 Å². The average molecular weight is 185 g/mol. The second-order valence-corrected chi connectivity index (χ2v) is 4.80. The summed E-state index contributed by atoms with van der Waals surface area (Å²) in [6.45, 7) is 11.8. The normalized spacial score (nSPS) is 13.9. The average Bonchev–Trinajstić information content (AvgIpc) is 1.81. The van der Waals surface area contributed by atoms with Crippen molar-refractivity contribution in [2.75, 3.05) is 0 Å². The number of carbonyl (C=O) groups excluding carboxylic acids is 1. The fourth-order valence-corrected chi connectivity index (χ4v) is 1.58. The van der Waals surface area contributed by atoms with Gasteiger partial charge in [-0.2, -0.15) is 0 Å². The van der Waals surface area contributed by atoms with E-state index in [0.29, 0.717) is 12.3 Å². The molecule has 2 nitrogen and oxygen atoms in total. The summed E-state index contributed by atoms with van der Waals surface area (Å²) < 4.78 is 4.76. The smallest absolute Gasteiger partial charge is 0.306 e. The van der Waals surface area contributed by atoms with Crippen LogP contribution in [0, 0.1) is 17.9 Å². The van der Waals surface area contributed by atoms with Gasteiger partial charge in [-0.05, 0) is 24.7 Å². The first kappa shape index (κ1) is 12.5. The lowest BCUT2D eigenvalue weighted by Gasteiger charge is -2.22. The highest BCUT2D eigenvalue weighted by molar-refractivity contribution is 5.69. The summed E-state index contributed by atoms with van der Waals surface area (Å²) in [7, 11) is 0. The molecule has 0 aromatic carbocycles. The highest BCUT2D eigenvalue weighted by Crippen LogP contribution is 2.26. The lowest BCUT2D eigenvalue weighted by atomic mass is 9.84. The summed E-state index contributed by atoms with van der Waals surface area (Å²) in [6, 6.07) is 0. The molecule has 0 aliphatic rings. The van der Waals surface area contributed by atoms with Crippen LogP contribution >= 0.6 is 0 Å².